The molecule has 1 aliphatic rings. The minimum absolute atomic E-state index is 0.115. The van der Waals surface area contributed by atoms with Gasteiger partial charge in [-0.2, -0.15) is 0 Å². The minimum atomic E-state index is -1.21. The number of hydrogen-bond donors (Lipinski definition) is 5. The van der Waals surface area contributed by atoms with Gasteiger partial charge in [0.05, 0.1) is 24.9 Å². The Balaban J connectivity index is 2.58. The summed E-state index contributed by atoms with van der Waals surface area (Å²) < 4.78 is 0. The van der Waals surface area contributed by atoms with E-state index in [0.717, 1.165) is 0 Å². The van der Waals surface area contributed by atoms with Crippen molar-refractivity contribution < 1.29 is 25.5 Å². The van der Waals surface area contributed by atoms with Crippen LogP contribution in [0.5, 0.6) is 0 Å². The Labute approximate surface area is 69.9 Å². The molecule has 0 amide bonds. The molecular formula is C7H14O5. The first-order valence-electron chi connectivity index (χ1n) is 3.91. The van der Waals surface area contributed by atoms with Crippen molar-refractivity contribution in [1.29, 1.82) is 0 Å². The molecule has 1 rings (SSSR count). The van der Waals surface area contributed by atoms with Crippen LogP contribution in [-0.2, 0) is 0 Å². The summed E-state index contributed by atoms with van der Waals surface area (Å²) in [6, 6.07) is 0. The number of rotatable bonds is 2. The molecule has 0 aromatic heterocycles. The van der Waals surface area contributed by atoms with E-state index in [1.54, 1.807) is 0 Å². The van der Waals surface area contributed by atoms with Crippen molar-refractivity contribution in [1.82, 2.24) is 0 Å². The molecule has 0 spiro atoms. The van der Waals surface area contributed by atoms with Crippen LogP contribution in [-0.4, -0.2) is 56.6 Å². The topological polar surface area (TPSA) is 101 Å². The molecular weight excluding hydrogens is 164 g/mol. The van der Waals surface area contributed by atoms with E-state index in [0.29, 0.717) is 0 Å². The molecule has 0 heterocycles. The van der Waals surface area contributed by atoms with E-state index in [4.69, 9.17) is 20.4 Å². The predicted octanol–water partition coefficient (Wildman–Crippen LogP) is -2.56. The fourth-order valence-corrected chi connectivity index (χ4v) is 1.56. The van der Waals surface area contributed by atoms with Gasteiger partial charge in [-0.1, -0.05) is 0 Å². The monoisotopic (exact) mass is 178 g/mol. The minimum Gasteiger partial charge on any atom is -0.394 e. The standard InChI is InChI=1S/C7H14O5/c8-2-5(10)3-1-4(9)7(12)6(3)11/h3-12H,1-2H2/t3-,4+,5+,6+,7+/m0/s1. The zero-order chi connectivity index (χ0) is 9.30. The summed E-state index contributed by atoms with van der Waals surface area (Å²) in [5.74, 6) is -0.639. The van der Waals surface area contributed by atoms with E-state index >= 15 is 0 Å². The highest BCUT2D eigenvalue weighted by Gasteiger charge is 2.43. The second kappa shape index (κ2) is 3.68. The van der Waals surface area contributed by atoms with Gasteiger partial charge < -0.3 is 25.5 Å². The summed E-state index contributed by atoms with van der Waals surface area (Å²) in [6.07, 6.45) is -4.33. The Morgan fingerprint density at radius 3 is 2.08 bits per heavy atom. The lowest BCUT2D eigenvalue weighted by atomic mass is 9.99. The highest BCUT2D eigenvalue weighted by Crippen LogP contribution is 2.29. The van der Waals surface area contributed by atoms with Gasteiger partial charge in [0, 0.05) is 5.92 Å². The normalized spacial score (nSPS) is 44.8. The quantitative estimate of drug-likeness (QED) is 0.320. The number of aliphatic hydroxyl groups excluding tert-OH is 5. The molecule has 1 aliphatic carbocycles. The first-order chi connectivity index (χ1) is 5.57. The lowest BCUT2D eigenvalue weighted by Gasteiger charge is -2.19. The average molecular weight is 178 g/mol. The number of aliphatic hydroxyl groups is 5. The average Bonchev–Trinajstić information content (AvgIpc) is 2.32. The van der Waals surface area contributed by atoms with E-state index in [-0.39, 0.29) is 6.42 Å². The van der Waals surface area contributed by atoms with Gasteiger partial charge in [0.25, 0.3) is 0 Å². The summed E-state index contributed by atoms with van der Waals surface area (Å²) in [6.45, 7) is -0.471. The third-order valence-electron chi connectivity index (χ3n) is 2.38. The molecule has 1 fully saturated rings. The van der Waals surface area contributed by atoms with Gasteiger partial charge in [-0.3, -0.25) is 0 Å². The number of hydrogen-bond acceptors (Lipinski definition) is 5. The van der Waals surface area contributed by atoms with Gasteiger partial charge >= 0.3 is 0 Å². The maximum Gasteiger partial charge on any atom is 0.106 e. The Hall–Kier alpha value is -0.200. The molecule has 72 valence electrons. The molecule has 0 unspecified atom stereocenters. The van der Waals surface area contributed by atoms with Crippen LogP contribution >= 0.6 is 0 Å². The molecule has 0 aromatic carbocycles. The Morgan fingerprint density at radius 2 is 1.75 bits per heavy atom. The Kier molecular flexibility index (Phi) is 3.03. The lowest BCUT2D eigenvalue weighted by Crippen LogP contribution is -2.35. The molecule has 5 atom stereocenters. The Morgan fingerprint density at radius 1 is 1.17 bits per heavy atom. The third kappa shape index (κ3) is 1.60. The van der Waals surface area contributed by atoms with Crippen molar-refractivity contribution in [3.63, 3.8) is 0 Å². The van der Waals surface area contributed by atoms with Crippen molar-refractivity contribution in [3.8, 4) is 0 Å². The zero-order valence-electron chi connectivity index (χ0n) is 6.54. The fraction of sp³-hybridized carbons (Fsp3) is 1.00. The summed E-state index contributed by atoms with van der Waals surface area (Å²) in [5.41, 5.74) is 0. The van der Waals surface area contributed by atoms with Gasteiger partial charge in [0.15, 0.2) is 0 Å². The molecule has 0 aromatic rings. The van der Waals surface area contributed by atoms with Crippen LogP contribution in [0.2, 0.25) is 0 Å². The molecule has 1 saturated carbocycles. The van der Waals surface area contributed by atoms with Crippen LogP contribution in [0.1, 0.15) is 6.42 Å². The van der Waals surface area contributed by atoms with Crippen molar-refractivity contribution in [2.75, 3.05) is 6.61 Å². The van der Waals surface area contributed by atoms with E-state index in [9.17, 15) is 5.11 Å². The third-order valence-corrected chi connectivity index (χ3v) is 2.38. The molecule has 0 aliphatic heterocycles. The van der Waals surface area contributed by atoms with Crippen LogP contribution in [0, 0.1) is 5.92 Å². The van der Waals surface area contributed by atoms with Gasteiger partial charge in [0.2, 0.25) is 0 Å². The second-order valence-electron chi connectivity index (χ2n) is 3.20. The van der Waals surface area contributed by atoms with E-state index in [2.05, 4.69) is 0 Å². The van der Waals surface area contributed by atoms with Gasteiger partial charge in [-0.15, -0.1) is 0 Å². The molecule has 5 nitrogen and oxygen atoms in total. The van der Waals surface area contributed by atoms with Gasteiger partial charge in [0.1, 0.15) is 6.10 Å². The summed E-state index contributed by atoms with van der Waals surface area (Å²) >= 11 is 0. The molecule has 12 heavy (non-hydrogen) atoms. The zero-order valence-corrected chi connectivity index (χ0v) is 6.54. The maximum absolute atomic E-state index is 9.25. The molecule has 0 saturated heterocycles. The summed E-state index contributed by atoms with van der Waals surface area (Å²) in [5, 5.41) is 45.1. The van der Waals surface area contributed by atoms with E-state index < -0.39 is 36.9 Å². The fourth-order valence-electron chi connectivity index (χ4n) is 1.56. The first kappa shape index (κ1) is 9.88. The van der Waals surface area contributed by atoms with Crippen LogP contribution in [0.25, 0.3) is 0 Å². The predicted molar refractivity (Wildman–Crippen MR) is 39.2 cm³/mol. The summed E-state index contributed by atoms with van der Waals surface area (Å²) in [7, 11) is 0. The molecule has 5 heteroatoms. The van der Waals surface area contributed by atoms with Crippen LogP contribution in [0.3, 0.4) is 0 Å². The van der Waals surface area contributed by atoms with Crippen molar-refractivity contribution in [2.45, 2.75) is 30.8 Å². The van der Waals surface area contributed by atoms with Gasteiger partial charge in [-0.25, -0.2) is 0 Å². The molecule has 0 bridgehead atoms. The van der Waals surface area contributed by atoms with Crippen LogP contribution in [0.15, 0.2) is 0 Å². The largest absolute Gasteiger partial charge is 0.394 e. The van der Waals surface area contributed by atoms with Crippen molar-refractivity contribution in [3.05, 3.63) is 0 Å². The summed E-state index contributed by atoms with van der Waals surface area (Å²) in [4.78, 5) is 0. The van der Waals surface area contributed by atoms with E-state index in [1.165, 1.54) is 0 Å². The molecule has 0 radical (unpaired) electrons. The first-order valence-corrected chi connectivity index (χ1v) is 3.91. The molecule has 5 N–H and O–H groups in total. The van der Waals surface area contributed by atoms with Crippen LogP contribution in [0.4, 0.5) is 0 Å². The van der Waals surface area contributed by atoms with Crippen LogP contribution < -0.4 is 0 Å². The van der Waals surface area contributed by atoms with Crippen molar-refractivity contribution in [2.24, 2.45) is 5.92 Å². The highest BCUT2D eigenvalue weighted by atomic mass is 16.4. The highest BCUT2D eigenvalue weighted by molar-refractivity contribution is 4.93. The van der Waals surface area contributed by atoms with E-state index in [1.807, 2.05) is 0 Å². The van der Waals surface area contributed by atoms with Crippen molar-refractivity contribution >= 4 is 0 Å². The van der Waals surface area contributed by atoms with Gasteiger partial charge in [-0.05, 0) is 6.42 Å². The second-order valence-corrected chi connectivity index (χ2v) is 3.20. The lowest BCUT2D eigenvalue weighted by molar-refractivity contribution is -0.0496. The Bertz CT molecular complexity index is 151. The SMILES string of the molecule is OC[C@@H](O)[C@@H]1C[C@@H](O)[C@@H](O)[C@@H]1O. The smallest absolute Gasteiger partial charge is 0.106 e. The maximum atomic E-state index is 9.25.